The Labute approximate surface area is 34.3 Å². The molecule has 0 aliphatic carbocycles. The molecule has 0 fully saturated rings. The van der Waals surface area contributed by atoms with Crippen LogP contribution in [0.5, 0.6) is 0 Å². The third kappa shape index (κ3) is 80.8. The molecule has 0 rings (SSSR count). The molecule has 0 atom stereocenters. The Morgan fingerprint density at radius 2 is 0.800 bits per heavy atom. The fourth-order valence-electron chi connectivity index (χ4n) is 0. The summed E-state index contributed by atoms with van der Waals surface area (Å²) in [7, 11) is 0. The molecule has 0 bridgehead atoms. The minimum absolute atomic E-state index is 5.02. The van der Waals surface area contributed by atoms with Crippen LogP contribution < -0.4 is 0 Å². The summed E-state index contributed by atoms with van der Waals surface area (Å²) in [5.41, 5.74) is 0. The van der Waals surface area contributed by atoms with E-state index in [9.17, 15) is 0 Å². The van der Waals surface area contributed by atoms with Gasteiger partial charge in [0.2, 0.25) is 0 Å². The second-order valence-corrected chi connectivity index (χ2v) is 3.29. The maximum absolute atomic E-state index is 7.38. The predicted octanol–water partition coefficient (Wildman–Crippen LogP) is -2.61. The first-order valence-electron chi connectivity index (χ1n) is 0.730. The van der Waals surface area contributed by atoms with Gasteiger partial charge in [-0.15, -0.1) is 0 Å². The summed E-state index contributed by atoms with van der Waals surface area (Å²) in [6.07, 6.45) is 0. The van der Waals surface area contributed by atoms with E-state index in [0.717, 1.165) is 0 Å². The monoisotopic (exact) mass is 198 g/mol. The van der Waals surface area contributed by atoms with Crippen LogP contribution in [0, 0.1) is 0 Å². The quantitative estimate of drug-likeness (QED) is 0.320. The van der Waals surface area contributed by atoms with E-state index in [2.05, 4.69) is 0 Å². The van der Waals surface area contributed by atoms with E-state index in [1.165, 1.54) is 0 Å². The van der Waals surface area contributed by atoms with Gasteiger partial charge in [-0.1, -0.05) is 0 Å². The number of rotatable bonds is 0. The minimum atomic E-state index is -5.02. The molecule has 0 amide bonds. The molecule has 0 spiro atoms. The van der Waals surface area contributed by atoms with Gasteiger partial charge in [0.15, 0.2) is 0 Å². The Morgan fingerprint density at radius 3 is 0.800 bits per heavy atom. The fraction of sp³-hybridized carbons (Fsp3) is 0. The van der Waals surface area contributed by atoms with E-state index in [1.54, 1.807) is 0 Å². The van der Waals surface area contributed by atoms with Crippen molar-refractivity contribution in [3.63, 3.8) is 0 Å². The van der Waals surface area contributed by atoms with E-state index in [0.29, 0.717) is 0 Å². The van der Waals surface area contributed by atoms with Gasteiger partial charge in [0.1, 0.15) is 0 Å². The molecule has 0 radical (unpaired) electrons. The van der Waals surface area contributed by atoms with Gasteiger partial charge in [0, 0.05) is 0 Å². The molecule has 0 aromatic heterocycles. The van der Waals surface area contributed by atoms with Gasteiger partial charge in [-0.25, -0.2) is 0 Å². The summed E-state index contributed by atoms with van der Waals surface area (Å²) in [5, 5.41) is 0. The molecule has 34 valence electrons. The Bertz CT molecular complexity index is 19.1. The van der Waals surface area contributed by atoms with Gasteiger partial charge in [-0.05, 0) is 0 Å². The van der Waals surface area contributed by atoms with Gasteiger partial charge in [0.25, 0.3) is 0 Å². The third-order valence-electron chi connectivity index (χ3n) is 0. The van der Waals surface area contributed by atoms with Gasteiger partial charge < -0.3 is 0 Å². The number of hydrogen-bond donors (Lipinski definition) is 4. The predicted molar refractivity (Wildman–Crippen MR) is 14.6 cm³/mol. The standard InChI is InChI=1S/H4O4Te/c1-5(2,3)4/h1-4H. The molecule has 4 N–H and O–H groups in total. The van der Waals surface area contributed by atoms with Crippen molar-refractivity contribution in [3.05, 3.63) is 0 Å². The van der Waals surface area contributed by atoms with Crippen molar-refractivity contribution in [1.29, 1.82) is 0 Å². The van der Waals surface area contributed by atoms with Crippen molar-refractivity contribution in [2.24, 2.45) is 0 Å². The second kappa shape index (κ2) is 1.39. The van der Waals surface area contributed by atoms with Crippen molar-refractivity contribution in [2.75, 3.05) is 0 Å². The molecule has 5 heteroatoms. The van der Waals surface area contributed by atoms with E-state index in [1.807, 2.05) is 0 Å². The second-order valence-electron chi connectivity index (χ2n) is 0.490. The number of hydrogen-bond acceptors (Lipinski definition) is 4. The first kappa shape index (κ1) is 5.63. The van der Waals surface area contributed by atoms with Crippen LogP contribution in [0.3, 0.4) is 0 Å². The van der Waals surface area contributed by atoms with Crippen molar-refractivity contribution in [1.82, 2.24) is 0 Å². The zero-order valence-corrected chi connectivity index (χ0v) is 4.53. The summed E-state index contributed by atoms with van der Waals surface area (Å²) >= 11 is -5.02. The normalized spacial score (nSPS) is 15.2. The fourth-order valence-corrected chi connectivity index (χ4v) is 0. The molecule has 0 aliphatic rings. The summed E-state index contributed by atoms with van der Waals surface area (Å²) in [4.78, 5) is 0. The topological polar surface area (TPSA) is 80.9 Å². The first-order chi connectivity index (χ1) is 2.00. The molecule has 0 aromatic rings. The van der Waals surface area contributed by atoms with Crippen LogP contribution in [0.15, 0.2) is 0 Å². The van der Waals surface area contributed by atoms with Crippen LogP contribution in [0.4, 0.5) is 0 Å². The zero-order chi connectivity index (χ0) is 4.50. The Hall–Kier alpha value is 0.630. The molecule has 0 saturated heterocycles. The SMILES string of the molecule is O[Te](O)(O)O. The van der Waals surface area contributed by atoms with Gasteiger partial charge in [-0.3, -0.25) is 0 Å². The van der Waals surface area contributed by atoms with Gasteiger partial charge in [-0.2, -0.15) is 0 Å². The summed E-state index contributed by atoms with van der Waals surface area (Å²) < 4.78 is 29.5. The summed E-state index contributed by atoms with van der Waals surface area (Å²) in [6, 6.07) is 0. The molecule has 4 nitrogen and oxygen atoms in total. The first-order valence-corrected chi connectivity index (χ1v) is 4.90. The van der Waals surface area contributed by atoms with Crippen LogP contribution in [0.2, 0.25) is 0 Å². The van der Waals surface area contributed by atoms with Crippen LogP contribution >= 0.6 is 0 Å². The summed E-state index contributed by atoms with van der Waals surface area (Å²) in [5.74, 6) is 0. The van der Waals surface area contributed by atoms with Crippen molar-refractivity contribution in [3.8, 4) is 0 Å². The molecule has 0 unspecified atom stereocenters. The molecule has 0 saturated carbocycles. The zero-order valence-electron chi connectivity index (χ0n) is 2.20. The molecule has 0 aromatic carbocycles. The molecular weight excluding hydrogens is 192 g/mol. The Morgan fingerprint density at radius 1 is 0.800 bits per heavy atom. The van der Waals surface area contributed by atoms with E-state index >= 15 is 0 Å². The maximum atomic E-state index is 7.38. The van der Waals surface area contributed by atoms with Crippen LogP contribution in [0.1, 0.15) is 0 Å². The van der Waals surface area contributed by atoms with E-state index < -0.39 is 19.8 Å². The average Bonchev–Trinajstić information content (AvgIpc) is 0.722. The van der Waals surface area contributed by atoms with E-state index in [4.69, 9.17) is 13.9 Å². The molecule has 5 heavy (non-hydrogen) atoms. The average molecular weight is 196 g/mol. The molecule has 0 aliphatic heterocycles. The van der Waals surface area contributed by atoms with Crippen LogP contribution in [-0.4, -0.2) is 33.7 Å². The Kier molecular flexibility index (Phi) is 1.56. The summed E-state index contributed by atoms with van der Waals surface area (Å²) in [6.45, 7) is 0. The van der Waals surface area contributed by atoms with Crippen molar-refractivity contribution < 1.29 is 13.9 Å². The van der Waals surface area contributed by atoms with Crippen LogP contribution in [0.25, 0.3) is 0 Å². The Balaban J connectivity index is 3.02. The van der Waals surface area contributed by atoms with Crippen LogP contribution in [-0.2, 0) is 0 Å². The van der Waals surface area contributed by atoms with Gasteiger partial charge >= 0.3 is 33.7 Å². The third-order valence-corrected chi connectivity index (χ3v) is 0. The molecular formula is H4O4Te. The molecule has 0 heterocycles. The van der Waals surface area contributed by atoms with Crippen molar-refractivity contribution >= 4 is 19.8 Å². The van der Waals surface area contributed by atoms with Crippen molar-refractivity contribution in [2.45, 2.75) is 0 Å². The van der Waals surface area contributed by atoms with Gasteiger partial charge in [0.05, 0.1) is 0 Å². The van der Waals surface area contributed by atoms with E-state index in [-0.39, 0.29) is 0 Å².